The van der Waals surface area contributed by atoms with Crippen LogP contribution < -0.4 is 9.64 Å². The Hall–Kier alpha value is -4.14. The highest BCUT2D eigenvalue weighted by atomic mass is 19.3. The number of phenols is 1. The smallest absolute Gasteiger partial charge is 0.316 e. The molecule has 3 aliphatic heterocycles. The molecule has 1 unspecified atom stereocenters. The van der Waals surface area contributed by atoms with Gasteiger partial charge in [-0.3, -0.25) is 4.90 Å². The SMILES string of the molecule is C=NC(=Nc1c(F)c(-c2cc(O)cc3ccc(F)c(CC)c23)nc2c1N(CCC(F)F)C(CC(F)F)CO2)OC[C@@]12CCCN1C[C@H](F)C2. The van der Waals surface area contributed by atoms with Gasteiger partial charge in [-0.1, -0.05) is 13.0 Å². The second-order valence-electron chi connectivity index (χ2n) is 12.6. The summed E-state index contributed by atoms with van der Waals surface area (Å²) in [6.45, 7) is 5.20. The van der Waals surface area contributed by atoms with Crippen LogP contribution in [0.1, 0.15) is 44.6 Å². The van der Waals surface area contributed by atoms with Crippen LogP contribution in [-0.4, -0.2) is 91.2 Å². The van der Waals surface area contributed by atoms with E-state index in [2.05, 4.69) is 21.7 Å². The molecule has 0 aliphatic carbocycles. The zero-order valence-corrected chi connectivity index (χ0v) is 26.7. The first-order valence-corrected chi connectivity index (χ1v) is 16.2. The number of hydrogen-bond acceptors (Lipinski definition) is 7. The van der Waals surface area contributed by atoms with Crippen molar-refractivity contribution in [3.05, 3.63) is 41.5 Å². The fourth-order valence-electron chi connectivity index (χ4n) is 7.43. The predicted octanol–water partition coefficient (Wildman–Crippen LogP) is 7.61. The van der Waals surface area contributed by atoms with Crippen LogP contribution in [0.15, 0.2) is 34.3 Å². The third kappa shape index (κ3) is 6.73. The summed E-state index contributed by atoms with van der Waals surface area (Å²) in [4.78, 5) is 15.7. The highest BCUT2D eigenvalue weighted by Gasteiger charge is 2.49. The minimum atomic E-state index is -2.85. The Balaban J connectivity index is 1.55. The molecule has 0 amide bonds. The lowest BCUT2D eigenvalue weighted by atomic mass is 9.94. The average Bonchev–Trinajstić information content (AvgIpc) is 3.58. The van der Waals surface area contributed by atoms with Crippen LogP contribution in [0.4, 0.5) is 42.1 Å². The molecule has 0 bridgehead atoms. The highest BCUT2D eigenvalue weighted by Crippen LogP contribution is 2.48. The molecule has 6 rings (SSSR count). The summed E-state index contributed by atoms with van der Waals surface area (Å²) < 4.78 is 113. The van der Waals surface area contributed by atoms with E-state index < -0.39 is 79.0 Å². The summed E-state index contributed by atoms with van der Waals surface area (Å²) in [6, 6.07) is 3.64. The van der Waals surface area contributed by atoms with E-state index in [0.717, 1.165) is 6.42 Å². The molecule has 8 nitrogen and oxygen atoms in total. The summed E-state index contributed by atoms with van der Waals surface area (Å²) in [5.41, 5.74) is -1.72. The minimum Gasteiger partial charge on any atom is -0.508 e. The highest BCUT2D eigenvalue weighted by molar-refractivity contribution is 6.01. The molecule has 2 aromatic carbocycles. The van der Waals surface area contributed by atoms with Gasteiger partial charge in [-0.15, -0.1) is 0 Å². The summed E-state index contributed by atoms with van der Waals surface area (Å²) >= 11 is 0. The van der Waals surface area contributed by atoms with Crippen LogP contribution >= 0.6 is 0 Å². The number of amidine groups is 1. The average molecular weight is 696 g/mol. The molecule has 1 N–H and O–H groups in total. The monoisotopic (exact) mass is 695 g/mol. The van der Waals surface area contributed by atoms with Gasteiger partial charge in [-0.2, -0.15) is 4.99 Å². The summed E-state index contributed by atoms with van der Waals surface area (Å²) in [5.74, 6) is -2.31. The van der Waals surface area contributed by atoms with Gasteiger partial charge in [-0.25, -0.2) is 40.7 Å². The summed E-state index contributed by atoms with van der Waals surface area (Å²) in [5, 5.41) is 11.2. The molecule has 4 heterocycles. The standard InChI is InChI=1S/C34H36F7N5O3/c1-3-22-24(36)6-5-18-11-21(47)13-23(27(18)22)29-28(41)30(44-33(42-2)49-17-34-8-4-9-45(34)15-19(35)14-34)31-32(43-29)48-16-20(12-26(39)40)46(31)10-7-25(37)38/h5-6,11,13,19-20,25-26,47H,2-4,7-10,12,14-17H2,1H3/t19-,20?,34+/m1/s1. The molecule has 49 heavy (non-hydrogen) atoms. The first-order valence-electron chi connectivity index (χ1n) is 16.2. The number of halogens is 7. The van der Waals surface area contributed by atoms with E-state index in [1.54, 1.807) is 6.92 Å². The first kappa shape index (κ1) is 34.7. The molecule has 3 aliphatic rings. The van der Waals surface area contributed by atoms with E-state index in [-0.39, 0.29) is 66.4 Å². The van der Waals surface area contributed by atoms with Gasteiger partial charge in [0.05, 0.1) is 11.6 Å². The number of hydrogen-bond donors (Lipinski definition) is 1. The Kier molecular flexibility index (Phi) is 9.92. The lowest BCUT2D eigenvalue weighted by Crippen LogP contribution is -2.45. The van der Waals surface area contributed by atoms with Gasteiger partial charge >= 0.3 is 6.02 Å². The van der Waals surface area contributed by atoms with Crippen LogP contribution in [0.25, 0.3) is 22.0 Å². The molecule has 0 spiro atoms. The number of aryl methyl sites for hydroxylation is 1. The van der Waals surface area contributed by atoms with Crippen molar-refractivity contribution >= 4 is 34.9 Å². The number of ether oxygens (including phenoxy) is 2. The van der Waals surface area contributed by atoms with Crippen molar-refractivity contribution in [2.24, 2.45) is 9.98 Å². The van der Waals surface area contributed by atoms with Gasteiger partial charge in [0, 0.05) is 37.9 Å². The van der Waals surface area contributed by atoms with E-state index >= 15 is 8.78 Å². The van der Waals surface area contributed by atoms with Crippen LogP contribution in [0.2, 0.25) is 0 Å². The fraction of sp³-hybridized carbons (Fsp3) is 0.500. The zero-order chi connectivity index (χ0) is 35.0. The number of rotatable bonds is 10. The number of aromatic nitrogens is 1. The maximum atomic E-state index is 17.1. The third-order valence-electron chi connectivity index (χ3n) is 9.57. The van der Waals surface area contributed by atoms with E-state index in [4.69, 9.17) is 9.47 Å². The molecular formula is C34H36F7N5O3. The van der Waals surface area contributed by atoms with Crippen LogP contribution in [-0.2, 0) is 11.2 Å². The number of benzene rings is 2. The molecule has 0 radical (unpaired) electrons. The molecule has 264 valence electrons. The lowest BCUT2D eigenvalue weighted by Gasteiger charge is -2.39. The zero-order valence-electron chi connectivity index (χ0n) is 26.7. The molecule has 1 aromatic heterocycles. The maximum Gasteiger partial charge on any atom is 0.316 e. The van der Waals surface area contributed by atoms with Crippen molar-refractivity contribution in [1.29, 1.82) is 0 Å². The Bertz CT molecular complexity index is 1760. The number of pyridine rings is 1. The second-order valence-corrected chi connectivity index (χ2v) is 12.6. The van der Waals surface area contributed by atoms with Crippen molar-refractivity contribution in [3.8, 4) is 22.9 Å². The number of aromatic hydroxyl groups is 1. The van der Waals surface area contributed by atoms with E-state index in [1.165, 1.54) is 29.2 Å². The van der Waals surface area contributed by atoms with Crippen molar-refractivity contribution in [1.82, 2.24) is 9.88 Å². The molecule has 2 fully saturated rings. The Morgan fingerprint density at radius 3 is 2.71 bits per heavy atom. The molecule has 3 aromatic rings. The lowest BCUT2D eigenvalue weighted by molar-refractivity contribution is 0.105. The van der Waals surface area contributed by atoms with Crippen molar-refractivity contribution < 1.29 is 45.3 Å². The number of fused-ring (bicyclic) bond motifs is 3. The van der Waals surface area contributed by atoms with Crippen molar-refractivity contribution in [2.45, 2.75) is 76.1 Å². The van der Waals surface area contributed by atoms with Crippen molar-refractivity contribution in [2.75, 3.05) is 37.7 Å². The van der Waals surface area contributed by atoms with E-state index in [0.29, 0.717) is 18.4 Å². The van der Waals surface area contributed by atoms with Gasteiger partial charge in [0.15, 0.2) is 5.82 Å². The molecular weight excluding hydrogens is 659 g/mol. The maximum absolute atomic E-state index is 17.1. The molecule has 2 saturated heterocycles. The summed E-state index contributed by atoms with van der Waals surface area (Å²) in [7, 11) is 0. The number of aliphatic imine (C=N–C) groups is 2. The number of nitrogens with zero attached hydrogens (tertiary/aromatic N) is 5. The van der Waals surface area contributed by atoms with Gasteiger partial charge < -0.3 is 19.5 Å². The molecule has 0 saturated carbocycles. The normalized spacial score (nSPS) is 22.6. The Morgan fingerprint density at radius 2 is 2.00 bits per heavy atom. The summed E-state index contributed by atoms with van der Waals surface area (Å²) in [6.07, 6.45) is -6.36. The van der Waals surface area contributed by atoms with Gasteiger partial charge in [-0.05, 0) is 67.1 Å². The molecule has 3 atom stereocenters. The van der Waals surface area contributed by atoms with Crippen LogP contribution in [0.3, 0.4) is 0 Å². The third-order valence-corrected chi connectivity index (χ3v) is 9.57. The van der Waals surface area contributed by atoms with Crippen molar-refractivity contribution in [3.63, 3.8) is 0 Å². The van der Waals surface area contributed by atoms with Gasteiger partial charge in [0.1, 0.15) is 48.0 Å². The number of anilines is 1. The first-order chi connectivity index (χ1) is 23.4. The Labute approximate surface area is 278 Å². The largest absolute Gasteiger partial charge is 0.508 e. The van der Waals surface area contributed by atoms with Crippen LogP contribution in [0.5, 0.6) is 11.6 Å². The van der Waals surface area contributed by atoms with Gasteiger partial charge in [0.25, 0.3) is 0 Å². The topological polar surface area (TPSA) is 82.8 Å². The second kappa shape index (κ2) is 14.0. The fourth-order valence-corrected chi connectivity index (χ4v) is 7.43. The molecule has 15 heteroatoms. The quantitative estimate of drug-likeness (QED) is 0.134. The minimum absolute atomic E-state index is 0.0185. The van der Waals surface area contributed by atoms with E-state index in [9.17, 15) is 27.1 Å². The number of alkyl halides is 5. The number of phenolic OH excluding ortho intramolecular Hbond substituents is 1. The van der Waals surface area contributed by atoms with E-state index in [1.807, 2.05) is 4.90 Å². The van der Waals surface area contributed by atoms with Crippen LogP contribution in [0, 0.1) is 11.6 Å². The predicted molar refractivity (Wildman–Crippen MR) is 172 cm³/mol. The van der Waals surface area contributed by atoms with Gasteiger partial charge in [0.2, 0.25) is 18.7 Å². The Morgan fingerprint density at radius 1 is 1.20 bits per heavy atom.